The van der Waals surface area contributed by atoms with Gasteiger partial charge in [0.1, 0.15) is 12.0 Å². The second-order valence-corrected chi connectivity index (χ2v) is 4.77. The number of allylic oxidation sites excluding steroid dienone is 1. The molecule has 2 aliphatic rings. The van der Waals surface area contributed by atoms with Crippen LogP contribution in [0.1, 0.15) is 12.5 Å². The van der Waals surface area contributed by atoms with Crippen molar-refractivity contribution in [3.63, 3.8) is 0 Å². The summed E-state index contributed by atoms with van der Waals surface area (Å²) in [7, 11) is 0. The number of fused-ring (bicyclic) bond motifs is 2. The van der Waals surface area contributed by atoms with Crippen molar-refractivity contribution in [2.24, 2.45) is 0 Å². The van der Waals surface area contributed by atoms with Gasteiger partial charge in [0.2, 0.25) is 0 Å². The number of para-hydroxylation sites is 2. The van der Waals surface area contributed by atoms with Crippen LogP contribution >= 0.6 is 0 Å². The molecule has 2 heterocycles. The molecule has 0 unspecified atom stereocenters. The first-order valence-corrected chi connectivity index (χ1v) is 6.60. The fraction of sp³-hybridized carbons (Fsp3) is 0.0588. The number of rotatable bonds is 1. The summed E-state index contributed by atoms with van der Waals surface area (Å²) in [6.07, 6.45) is 3.40. The van der Waals surface area contributed by atoms with E-state index in [9.17, 15) is 0 Å². The predicted molar refractivity (Wildman–Crippen MR) is 77.1 cm³/mol. The van der Waals surface area contributed by atoms with Gasteiger partial charge in [0.15, 0.2) is 23.0 Å². The molecule has 4 rings (SSSR count). The van der Waals surface area contributed by atoms with Crippen molar-refractivity contribution in [1.82, 2.24) is 0 Å². The predicted octanol–water partition coefficient (Wildman–Crippen LogP) is 4.09. The minimum Gasteiger partial charge on any atom is -0.458 e. The Morgan fingerprint density at radius 3 is 2.33 bits per heavy atom. The van der Waals surface area contributed by atoms with E-state index in [1.165, 1.54) is 0 Å². The van der Waals surface area contributed by atoms with Crippen molar-refractivity contribution in [1.29, 1.82) is 0 Å². The third-order valence-electron chi connectivity index (χ3n) is 3.15. The summed E-state index contributed by atoms with van der Waals surface area (Å²) >= 11 is 0. The molecule has 0 saturated heterocycles. The summed E-state index contributed by atoms with van der Waals surface area (Å²) in [5.74, 6) is 3.98. The van der Waals surface area contributed by atoms with Gasteiger partial charge in [-0.15, -0.1) is 0 Å². The third kappa shape index (κ3) is 2.21. The van der Waals surface area contributed by atoms with Crippen molar-refractivity contribution in [2.45, 2.75) is 6.92 Å². The molecule has 0 amide bonds. The van der Waals surface area contributed by atoms with Crippen molar-refractivity contribution in [2.75, 3.05) is 0 Å². The first-order chi connectivity index (χ1) is 10.3. The zero-order chi connectivity index (χ0) is 14.2. The minimum atomic E-state index is 0.445. The number of ether oxygens (including phenoxy) is 4. The quantitative estimate of drug-likeness (QED) is 0.788. The Labute approximate surface area is 121 Å². The SMILES string of the molecule is CC1=COc2ccc(C=C3Oc4ccccc4O3)cc2O1. The highest BCUT2D eigenvalue weighted by Gasteiger charge is 2.19. The summed E-state index contributed by atoms with van der Waals surface area (Å²) in [4.78, 5) is 0. The maximum absolute atomic E-state index is 5.63. The maximum Gasteiger partial charge on any atom is 0.291 e. The molecular formula is C17H12O4. The normalized spacial score (nSPS) is 14.7. The van der Waals surface area contributed by atoms with Gasteiger partial charge in [-0.3, -0.25) is 0 Å². The lowest BCUT2D eigenvalue weighted by Gasteiger charge is -2.16. The fourth-order valence-electron chi connectivity index (χ4n) is 2.19. The Bertz CT molecular complexity index is 747. The monoisotopic (exact) mass is 280 g/mol. The lowest BCUT2D eigenvalue weighted by molar-refractivity contribution is 0.293. The zero-order valence-electron chi connectivity index (χ0n) is 11.3. The van der Waals surface area contributed by atoms with Crippen molar-refractivity contribution in [3.05, 3.63) is 66.0 Å². The van der Waals surface area contributed by atoms with E-state index in [0.717, 1.165) is 17.1 Å². The van der Waals surface area contributed by atoms with E-state index in [4.69, 9.17) is 18.9 Å². The van der Waals surface area contributed by atoms with Crippen LogP contribution in [0.15, 0.2) is 60.4 Å². The van der Waals surface area contributed by atoms with Gasteiger partial charge in [0, 0.05) is 6.08 Å². The van der Waals surface area contributed by atoms with Crippen LogP contribution in [0.2, 0.25) is 0 Å². The molecule has 0 fully saturated rings. The van der Waals surface area contributed by atoms with Gasteiger partial charge in [-0.25, -0.2) is 0 Å². The summed E-state index contributed by atoms with van der Waals surface area (Å²) in [5, 5.41) is 0. The average Bonchev–Trinajstić information content (AvgIpc) is 2.89. The lowest BCUT2D eigenvalue weighted by Crippen LogP contribution is -2.02. The van der Waals surface area contributed by atoms with E-state index in [2.05, 4.69) is 0 Å². The molecule has 0 aliphatic carbocycles. The van der Waals surface area contributed by atoms with Crippen LogP contribution in [0.25, 0.3) is 6.08 Å². The van der Waals surface area contributed by atoms with Crippen molar-refractivity contribution >= 4 is 6.08 Å². The Morgan fingerprint density at radius 2 is 1.57 bits per heavy atom. The van der Waals surface area contributed by atoms with Gasteiger partial charge in [0.25, 0.3) is 5.95 Å². The van der Waals surface area contributed by atoms with E-state index in [1.54, 1.807) is 6.26 Å². The topological polar surface area (TPSA) is 36.9 Å². The van der Waals surface area contributed by atoms with Crippen LogP contribution in [0.5, 0.6) is 23.0 Å². The van der Waals surface area contributed by atoms with E-state index in [0.29, 0.717) is 23.2 Å². The molecule has 4 heteroatoms. The molecular weight excluding hydrogens is 268 g/mol. The van der Waals surface area contributed by atoms with Gasteiger partial charge in [-0.05, 0) is 36.8 Å². The number of hydrogen-bond acceptors (Lipinski definition) is 4. The van der Waals surface area contributed by atoms with Crippen molar-refractivity contribution < 1.29 is 18.9 Å². The summed E-state index contributed by atoms with van der Waals surface area (Å²) in [6, 6.07) is 13.2. The first kappa shape index (κ1) is 11.9. The zero-order valence-corrected chi connectivity index (χ0v) is 11.3. The molecule has 0 atom stereocenters. The fourth-order valence-corrected chi connectivity index (χ4v) is 2.19. The Morgan fingerprint density at radius 1 is 0.810 bits per heavy atom. The Kier molecular flexibility index (Phi) is 2.60. The Balaban J connectivity index is 1.62. The largest absolute Gasteiger partial charge is 0.458 e. The molecule has 0 saturated carbocycles. The molecule has 0 radical (unpaired) electrons. The van der Waals surface area contributed by atoms with E-state index in [1.807, 2.05) is 55.5 Å². The standard InChI is InChI=1S/C17H12O4/c1-11-10-18-13-7-6-12(8-16(13)19-11)9-17-20-14-4-2-3-5-15(14)21-17/h2-10H,1H3. The molecule has 2 aliphatic heterocycles. The highest BCUT2D eigenvalue weighted by Crippen LogP contribution is 2.37. The molecule has 0 bridgehead atoms. The second-order valence-electron chi connectivity index (χ2n) is 4.77. The Hall–Kier alpha value is -2.88. The van der Waals surface area contributed by atoms with Crippen LogP contribution in [0, 0.1) is 0 Å². The summed E-state index contributed by atoms with van der Waals surface area (Å²) < 4.78 is 22.3. The maximum atomic E-state index is 5.63. The summed E-state index contributed by atoms with van der Waals surface area (Å²) in [6.45, 7) is 1.84. The first-order valence-electron chi connectivity index (χ1n) is 6.60. The van der Waals surface area contributed by atoms with Gasteiger partial charge >= 0.3 is 0 Å². The molecule has 0 aromatic heterocycles. The highest BCUT2D eigenvalue weighted by atomic mass is 16.7. The van der Waals surface area contributed by atoms with E-state index in [-0.39, 0.29) is 0 Å². The van der Waals surface area contributed by atoms with Crippen LogP contribution in [-0.4, -0.2) is 0 Å². The van der Waals surface area contributed by atoms with E-state index < -0.39 is 0 Å². The summed E-state index contributed by atoms with van der Waals surface area (Å²) in [5.41, 5.74) is 0.912. The molecule has 4 nitrogen and oxygen atoms in total. The second kappa shape index (κ2) is 4.59. The van der Waals surface area contributed by atoms with Gasteiger partial charge in [-0.1, -0.05) is 18.2 Å². The van der Waals surface area contributed by atoms with Crippen LogP contribution in [0.3, 0.4) is 0 Å². The third-order valence-corrected chi connectivity index (χ3v) is 3.15. The van der Waals surface area contributed by atoms with Crippen molar-refractivity contribution in [3.8, 4) is 23.0 Å². The molecule has 2 aromatic rings. The number of benzene rings is 2. The molecule has 2 aromatic carbocycles. The highest BCUT2D eigenvalue weighted by molar-refractivity contribution is 5.59. The molecule has 0 N–H and O–H groups in total. The molecule has 104 valence electrons. The molecule has 0 spiro atoms. The van der Waals surface area contributed by atoms with Gasteiger partial charge in [-0.2, -0.15) is 0 Å². The van der Waals surface area contributed by atoms with Gasteiger partial charge in [0.05, 0.1) is 0 Å². The van der Waals surface area contributed by atoms with E-state index >= 15 is 0 Å². The average molecular weight is 280 g/mol. The van der Waals surface area contributed by atoms with Crippen LogP contribution in [-0.2, 0) is 0 Å². The lowest BCUT2D eigenvalue weighted by atomic mass is 10.2. The molecule has 21 heavy (non-hydrogen) atoms. The van der Waals surface area contributed by atoms with Crippen LogP contribution < -0.4 is 18.9 Å². The number of hydrogen-bond donors (Lipinski definition) is 0. The van der Waals surface area contributed by atoms with Crippen LogP contribution in [0.4, 0.5) is 0 Å². The minimum absolute atomic E-state index is 0.445. The van der Waals surface area contributed by atoms with Gasteiger partial charge < -0.3 is 18.9 Å². The smallest absolute Gasteiger partial charge is 0.291 e.